The van der Waals surface area contributed by atoms with Crippen molar-refractivity contribution in [1.29, 1.82) is 0 Å². The van der Waals surface area contributed by atoms with Gasteiger partial charge in [-0.05, 0) is 25.6 Å². The highest BCUT2D eigenvalue weighted by Gasteiger charge is 1.95. The van der Waals surface area contributed by atoms with Gasteiger partial charge in [-0.3, -0.25) is 0 Å². The molecule has 0 aromatic carbocycles. The van der Waals surface area contributed by atoms with Crippen LogP contribution in [0.3, 0.4) is 0 Å². The standard InChI is InChI=1S/C7H14N2/c1-3-4-7(9)6(2)5-8/h3-5,7H,8-9H2,1-2H3/b4-3-,6-5+. The molecule has 0 aromatic heterocycles. The van der Waals surface area contributed by atoms with Gasteiger partial charge in [-0.25, -0.2) is 0 Å². The summed E-state index contributed by atoms with van der Waals surface area (Å²) in [6.07, 6.45) is 5.35. The lowest BCUT2D eigenvalue weighted by atomic mass is 10.1. The highest BCUT2D eigenvalue weighted by atomic mass is 14.6. The van der Waals surface area contributed by atoms with E-state index in [2.05, 4.69) is 0 Å². The molecule has 0 aliphatic rings. The molecule has 0 radical (unpaired) electrons. The molecule has 0 heterocycles. The van der Waals surface area contributed by atoms with Crippen molar-refractivity contribution < 1.29 is 0 Å². The number of hydrogen-bond donors (Lipinski definition) is 2. The third kappa shape index (κ3) is 2.93. The molecule has 0 aliphatic heterocycles. The molecule has 0 aliphatic carbocycles. The van der Waals surface area contributed by atoms with Crippen molar-refractivity contribution in [3.05, 3.63) is 23.9 Å². The van der Waals surface area contributed by atoms with Crippen LogP contribution in [0.25, 0.3) is 0 Å². The lowest BCUT2D eigenvalue weighted by molar-refractivity contribution is 0.941. The van der Waals surface area contributed by atoms with Crippen molar-refractivity contribution in [1.82, 2.24) is 0 Å². The molecule has 0 bridgehead atoms. The number of hydrogen-bond acceptors (Lipinski definition) is 2. The molecule has 1 atom stereocenters. The van der Waals surface area contributed by atoms with Gasteiger partial charge in [-0.1, -0.05) is 12.2 Å². The predicted octanol–water partition coefficient (Wildman–Crippen LogP) is 0.752. The molecule has 0 amide bonds. The van der Waals surface area contributed by atoms with E-state index in [4.69, 9.17) is 11.5 Å². The largest absolute Gasteiger partial charge is 0.405 e. The van der Waals surface area contributed by atoms with Crippen molar-refractivity contribution in [2.24, 2.45) is 11.5 Å². The van der Waals surface area contributed by atoms with E-state index in [1.807, 2.05) is 26.0 Å². The zero-order valence-electron chi connectivity index (χ0n) is 5.96. The van der Waals surface area contributed by atoms with E-state index in [0.717, 1.165) is 5.57 Å². The third-order valence-electron chi connectivity index (χ3n) is 1.19. The molecule has 0 saturated carbocycles. The molecular weight excluding hydrogens is 112 g/mol. The lowest BCUT2D eigenvalue weighted by Gasteiger charge is -2.03. The van der Waals surface area contributed by atoms with Gasteiger partial charge in [0.05, 0.1) is 0 Å². The van der Waals surface area contributed by atoms with Gasteiger partial charge in [0.25, 0.3) is 0 Å². The molecule has 0 spiro atoms. The van der Waals surface area contributed by atoms with E-state index in [9.17, 15) is 0 Å². The number of allylic oxidation sites excluding steroid dienone is 1. The van der Waals surface area contributed by atoms with Crippen molar-refractivity contribution in [3.63, 3.8) is 0 Å². The van der Waals surface area contributed by atoms with Crippen LogP contribution >= 0.6 is 0 Å². The van der Waals surface area contributed by atoms with E-state index < -0.39 is 0 Å². The van der Waals surface area contributed by atoms with Crippen molar-refractivity contribution in [2.75, 3.05) is 0 Å². The summed E-state index contributed by atoms with van der Waals surface area (Å²) in [5.74, 6) is 0. The Bertz CT molecular complexity index is 125. The molecule has 9 heavy (non-hydrogen) atoms. The summed E-state index contributed by atoms with van der Waals surface area (Å²) in [6, 6.07) is -0.0139. The molecule has 52 valence electrons. The van der Waals surface area contributed by atoms with Gasteiger partial charge in [-0.2, -0.15) is 0 Å². The van der Waals surface area contributed by atoms with Crippen molar-refractivity contribution in [2.45, 2.75) is 19.9 Å². The quantitative estimate of drug-likeness (QED) is 0.536. The summed E-state index contributed by atoms with van der Waals surface area (Å²) in [5, 5.41) is 0. The van der Waals surface area contributed by atoms with Crippen molar-refractivity contribution in [3.8, 4) is 0 Å². The first kappa shape index (κ1) is 8.24. The van der Waals surface area contributed by atoms with Gasteiger partial charge < -0.3 is 11.5 Å². The Labute approximate surface area is 56.2 Å². The second-order valence-corrected chi connectivity index (χ2v) is 1.96. The molecule has 0 fully saturated rings. The molecule has 2 nitrogen and oxygen atoms in total. The van der Waals surface area contributed by atoms with E-state index in [1.54, 1.807) is 0 Å². The predicted molar refractivity (Wildman–Crippen MR) is 40.7 cm³/mol. The normalized spacial score (nSPS) is 16.6. The van der Waals surface area contributed by atoms with E-state index in [-0.39, 0.29) is 6.04 Å². The average molecular weight is 126 g/mol. The van der Waals surface area contributed by atoms with Crippen LogP contribution in [0.15, 0.2) is 23.9 Å². The SMILES string of the molecule is C/C=C\C(N)/C(C)=C/N. The minimum absolute atomic E-state index is 0.0139. The number of rotatable bonds is 2. The summed E-state index contributed by atoms with van der Waals surface area (Å²) in [4.78, 5) is 0. The maximum atomic E-state index is 5.60. The van der Waals surface area contributed by atoms with Crippen LogP contribution in [0.2, 0.25) is 0 Å². The summed E-state index contributed by atoms with van der Waals surface area (Å²) in [6.45, 7) is 3.84. The van der Waals surface area contributed by atoms with Gasteiger partial charge in [0, 0.05) is 6.04 Å². The van der Waals surface area contributed by atoms with Gasteiger partial charge in [-0.15, -0.1) is 0 Å². The van der Waals surface area contributed by atoms with Crippen LogP contribution in [-0.2, 0) is 0 Å². The van der Waals surface area contributed by atoms with Crippen LogP contribution in [-0.4, -0.2) is 6.04 Å². The van der Waals surface area contributed by atoms with Gasteiger partial charge in [0.1, 0.15) is 0 Å². The minimum Gasteiger partial charge on any atom is -0.405 e. The van der Waals surface area contributed by atoms with Gasteiger partial charge in [0.15, 0.2) is 0 Å². The van der Waals surface area contributed by atoms with Crippen LogP contribution in [0, 0.1) is 0 Å². The summed E-state index contributed by atoms with van der Waals surface area (Å²) in [5.41, 5.74) is 11.8. The van der Waals surface area contributed by atoms with Crippen LogP contribution in [0.1, 0.15) is 13.8 Å². The Hall–Kier alpha value is -0.760. The topological polar surface area (TPSA) is 52.0 Å². The molecule has 1 unspecified atom stereocenters. The molecule has 2 heteroatoms. The minimum atomic E-state index is -0.0139. The van der Waals surface area contributed by atoms with Gasteiger partial charge >= 0.3 is 0 Å². The highest BCUT2D eigenvalue weighted by molar-refractivity contribution is 5.12. The first-order valence-electron chi connectivity index (χ1n) is 2.99. The Balaban J connectivity index is 3.88. The molecule has 0 rings (SSSR count). The molecule has 0 saturated heterocycles. The zero-order valence-corrected chi connectivity index (χ0v) is 5.96. The lowest BCUT2D eigenvalue weighted by Crippen LogP contribution is -2.18. The molecule has 0 aromatic rings. The average Bonchev–Trinajstić information content (AvgIpc) is 1.87. The van der Waals surface area contributed by atoms with E-state index in [0.29, 0.717) is 0 Å². The zero-order chi connectivity index (χ0) is 7.28. The maximum Gasteiger partial charge on any atom is 0.0454 e. The monoisotopic (exact) mass is 126 g/mol. The molecular formula is C7H14N2. The Morgan fingerprint density at radius 1 is 1.56 bits per heavy atom. The van der Waals surface area contributed by atoms with Crippen molar-refractivity contribution >= 4 is 0 Å². The second-order valence-electron chi connectivity index (χ2n) is 1.96. The fourth-order valence-electron chi connectivity index (χ4n) is 0.470. The Morgan fingerprint density at radius 2 is 2.11 bits per heavy atom. The summed E-state index contributed by atoms with van der Waals surface area (Å²) >= 11 is 0. The fourth-order valence-corrected chi connectivity index (χ4v) is 0.470. The molecule has 4 N–H and O–H groups in total. The summed E-state index contributed by atoms with van der Waals surface area (Å²) < 4.78 is 0. The van der Waals surface area contributed by atoms with E-state index in [1.165, 1.54) is 6.20 Å². The van der Waals surface area contributed by atoms with Crippen LogP contribution < -0.4 is 11.5 Å². The second kappa shape index (κ2) is 4.15. The number of nitrogens with two attached hydrogens (primary N) is 2. The Morgan fingerprint density at radius 3 is 2.44 bits per heavy atom. The Kier molecular flexibility index (Phi) is 3.80. The highest BCUT2D eigenvalue weighted by Crippen LogP contribution is 1.96. The fraction of sp³-hybridized carbons (Fsp3) is 0.429. The van der Waals surface area contributed by atoms with Crippen LogP contribution in [0.5, 0.6) is 0 Å². The van der Waals surface area contributed by atoms with Gasteiger partial charge in [0.2, 0.25) is 0 Å². The van der Waals surface area contributed by atoms with E-state index >= 15 is 0 Å². The van der Waals surface area contributed by atoms with Crippen LogP contribution in [0.4, 0.5) is 0 Å². The smallest absolute Gasteiger partial charge is 0.0454 e. The first-order chi connectivity index (χ1) is 4.22. The summed E-state index contributed by atoms with van der Waals surface area (Å²) in [7, 11) is 0. The first-order valence-corrected chi connectivity index (χ1v) is 2.99. The maximum absolute atomic E-state index is 5.60. The third-order valence-corrected chi connectivity index (χ3v) is 1.19.